The van der Waals surface area contributed by atoms with Gasteiger partial charge in [-0.3, -0.25) is 4.79 Å². The first-order valence-electron chi connectivity index (χ1n) is 7.78. The Hall–Kier alpha value is -0.610. The molecule has 0 aromatic heterocycles. The molecule has 1 spiro atoms. The van der Waals surface area contributed by atoms with Crippen molar-refractivity contribution in [2.45, 2.75) is 64.0 Å². The molecule has 0 saturated heterocycles. The van der Waals surface area contributed by atoms with Crippen LogP contribution in [0, 0.1) is 5.41 Å². The van der Waals surface area contributed by atoms with Crippen molar-refractivity contribution in [2.75, 3.05) is 20.2 Å². The molecule has 0 radical (unpaired) electrons. The highest BCUT2D eigenvalue weighted by molar-refractivity contribution is 5.76. The van der Waals surface area contributed by atoms with Gasteiger partial charge in [0.1, 0.15) is 0 Å². The number of hydrogen-bond donors (Lipinski definition) is 2. The van der Waals surface area contributed by atoms with Crippen LogP contribution in [0.1, 0.15) is 51.9 Å². The summed E-state index contributed by atoms with van der Waals surface area (Å²) < 4.78 is 5.90. The fourth-order valence-electron chi connectivity index (χ4n) is 3.77. The summed E-state index contributed by atoms with van der Waals surface area (Å²) in [6, 6.07) is 0.341. The Balaban J connectivity index is 1.91. The van der Waals surface area contributed by atoms with Crippen molar-refractivity contribution < 1.29 is 9.53 Å². The number of carbonyl (C=O) groups is 1. The molecule has 2 aliphatic carbocycles. The Labute approximate surface area is 116 Å². The highest BCUT2D eigenvalue weighted by Gasteiger charge is 2.55. The van der Waals surface area contributed by atoms with Crippen LogP contribution in [0.4, 0.5) is 0 Å². The SMILES string of the molecule is CCOC1CC(NC(=O)CCNC)C12CCCCC2. The monoisotopic (exact) mass is 268 g/mol. The first-order valence-corrected chi connectivity index (χ1v) is 7.78. The van der Waals surface area contributed by atoms with Gasteiger partial charge in [0.05, 0.1) is 6.10 Å². The average Bonchev–Trinajstić information content (AvgIpc) is 2.45. The number of ether oxygens (including phenoxy) is 1. The summed E-state index contributed by atoms with van der Waals surface area (Å²) in [5, 5.41) is 6.26. The summed E-state index contributed by atoms with van der Waals surface area (Å²) in [5.74, 6) is 0.180. The van der Waals surface area contributed by atoms with Gasteiger partial charge in [0, 0.05) is 31.0 Å². The molecule has 4 heteroatoms. The van der Waals surface area contributed by atoms with E-state index in [1.165, 1.54) is 32.1 Å². The van der Waals surface area contributed by atoms with Gasteiger partial charge in [-0.25, -0.2) is 0 Å². The summed E-state index contributed by atoms with van der Waals surface area (Å²) in [5.41, 5.74) is 0.240. The second kappa shape index (κ2) is 6.71. The molecule has 2 rings (SSSR count). The molecule has 19 heavy (non-hydrogen) atoms. The molecule has 0 bridgehead atoms. The maximum absolute atomic E-state index is 11.9. The number of hydrogen-bond acceptors (Lipinski definition) is 3. The zero-order valence-corrected chi connectivity index (χ0v) is 12.3. The van der Waals surface area contributed by atoms with Crippen LogP contribution in [0.2, 0.25) is 0 Å². The van der Waals surface area contributed by atoms with Gasteiger partial charge in [-0.1, -0.05) is 19.3 Å². The van der Waals surface area contributed by atoms with E-state index < -0.39 is 0 Å². The molecule has 2 unspecified atom stereocenters. The van der Waals surface area contributed by atoms with Crippen molar-refractivity contribution in [2.24, 2.45) is 5.41 Å². The van der Waals surface area contributed by atoms with Crippen molar-refractivity contribution in [1.29, 1.82) is 0 Å². The van der Waals surface area contributed by atoms with Crippen LogP contribution in [-0.2, 0) is 9.53 Å². The van der Waals surface area contributed by atoms with E-state index in [0.717, 1.165) is 19.6 Å². The van der Waals surface area contributed by atoms with Crippen LogP contribution < -0.4 is 10.6 Å². The van der Waals surface area contributed by atoms with Crippen LogP contribution in [-0.4, -0.2) is 38.3 Å². The summed E-state index contributed by atoms with van der Waals surface area (Å²) >= 11 is 0. The lowest BCUT2D eigenvalue weighted by Gasteiger charge is -2.57. The van der Waals surface area contributed by atoms with Gasteiger partial charge < -0.3 is 15.4 Å². The molecule has 0 aromatic rings. The average molecular weight is 268 g/mol. The molecule has 110 valence electrons. The number of amides is 1. The van der Waals surface area contributed by atoms with Crippen molar-refractivity contribution in [3.63, 3.8) is 0 Å². The summed E-state index contributed by atoms with van der Waals surface area (Å²) in [6.45, 7) is 3.60. The Kier molecular flexibility index (Phi) is 5.22. The molecule has 0 aliphatic heterocycles. The molecule has 2 atom stereocenters. The number of rotatable bonds is 6. The molecule has 2 saturated carbocycles. The normalized spacial score (nSPS) is 28.9. The van der Waals surface area contributed by atoms with E-state index in [0.29, 0.717) is 18.6 Å². The zero-order chi connectivity index (χ0) is 13.7. The Morgan fingerprint density at radius 2 is 2.05 bits per heavy atom. The minimum absolute atomic E-state index is 0.180. The highest BCUT2D eigenvalue weighted by Crippen LogP contribution is 2.53. The van der Waals surface area contributed by atoms with Crippen molar-refractivity contribution in [3.8, 4) is 0 Å². The lowest BCUT2D eigenvalue weighted by molar-refractivity contribution is -0.157. The fourth-order valence-corrected chi connectivity index (χ4v) is 3.77. The summed E-state index contributed by atoms with van der Waals surface area (Å²) in [6.07, 6.45) is 8.28. The molecule has 2 fully saturated rings. The van der Waals surface area contributed by atoms with Crippen LogP contribution in [0.5, 0.6) is 0 Å². The standard InChI is InChI=1S/C15H28N2O2/c1-3-19-13-11-12(17-14(18)7-10-16-2)15(13)8-5-4-6-9-15/h12-13,16H,3-11H2,1-2H3,(H,17,18). The van der Waals surface area contributed by atoms with E-state index >= 15 is 0 Å². The third-order valence-electron chi connectivity index (χ3n) is 4.87. The predicted molar refractivity (Wildman–Crippen MR) is 76.0 cm³/mol. The van der Waals surface area contributed by atoms with E-state index in [9.17, 15) is 4.79 Å². The first-order chi connectivity index (χ1) is 9.23. The molecule has 4 nitrogen and oxygen atoms in total. The van der Waals surface area contributed by atoms with E-state index in [1.807, 2.05) is 7.05 Å². The van der Waals surface area contributed by atoms with Crippen molar-refractivity contribution >= 4 is 5.91 Å². The zero-order valence-electron chi connectivity index (χ0n) is 12.3. The van der Waals surface area contributed by atoms with E-state index in [4.69, 9.17) is 4.74 Å². The van der Waals surface area contributed by atoms with Gasteiger partial charge in [-0.2, -0.15) is 0 Å². The number of carbonyl (C=O) groups excluding carboxylic acids is 1. The quantitative estimate of drug-likeness (QED) is 0.773. The van der Waals surface area contributed by atoms with Gasteiger partial charge in [0.25, 0.3) is 0 Å². The molecular formula is C15H28N2O2. The predicted octanol–water partition coefficient (Wildman–Crippen LogP) is 1.84. The molecular weight excluding hydrogens is 240 g/mol. The van der Waals surface area contributed by atoms with Gasteiger partial charge >= 0.3 is 0 Å². The maximum atomic E-state index is 11.9. The topological polar surface area (TPSA) is 50.4 Å². The van der Waals surface area contributed by atoms with Gasteiger partial charge in [-0.15, -0.1) is 0 Å². The van der Waals surface area contributed by atoms with E-state index in [2.05, 4.69) is 17.6 Å². The van der Waals surface area contributed by atoms with E-state index in [1.54, 1.807) is 0 Å². The Morgan fingerprint density at radius 1 is 1.32 bits per heavy atom. The second-order valence-corrected chi connectivity index (χ2v) is 5.95. The smallest absolute Gasteiger partial charge is 0.221 e. The maximum Gasteiger partial charge on any atom is 0.221 e. The molecule has 2 N–H and O–H groups in total. The second-order valence-electron chi connectivity index (χ2n) is 5.95. The summed E-state index contributed by atoms with van der Waals surface area (Å²) in [7, 11) is 1.88. The molecule has 2 aliphatic rings. The van der Waals surface area contributed by atoms with Crippen LogP contribution in [0.15, 0.2) is 0 Å². The first kappa shape index (κ1) is 14.8. The van der Waals surface area contributed by atoms with Crippen LogP contribution in [0.3, 0.4) is 0 Å². The Bertz CT molecular complexity index is 301. The van der Waals surface area contributed by atoms with Crippen molar-refractivity contribution in [1.82, 2.24) is 10.6 Å². The minimum atomic E-state index is 0.180. The van der Waals surface area contributed by atoms with Crippen LogP contribution in [0.25, 0.3) is 0 Å². The van der Waals surface area contributed by atoms with Crippen molar-refractivity contribution in [3.05, 3.63) is 0 Å². The fraction of sp³-hybridized carbons (Fsp3) is 0.933. The van der Waals surface area contributed by atoms with Crippen LogP contribution >= 0.6 is 0 Å². The van der Waals surface area contributed by atoms with E-state index in [-0.39, 0.29) is 11.3 Å². The third-order valence-corrected chi connectivity index (χ3v) is 4.87. The van der Waals surface area contributed by atoms with Gasteiger partial charge in [0.2, 0.25) is 5.91 Å². The molecule has 1 amide bonds. The highest BCUT2D eigenvalue weighted by atomic mass is 16.5. The third kappa shape index (κ3) is 3.11. The lowest BCUT2D eigenvalue weighted by atomic mass is 9.55. The molecule has 0 aromatic carbocycles. The van der Waals surface area contributed by atoms with Gasteiger partial charge in [0.15, 0.2) is 0 Å². The largest absolute Gasteiger partial charge is 0.378 e. The molecule has 0 heterocycles. The minimum Gasteiger partial charge on any atom is -0.378 e. The number of nitrogens with one attached hydrogen (secondary N) is 2. The Morgan fingerprint density at radius 3 is 2.68 bits per heavy atom. The lowest BCUT2D eigenvalue weighted by Crippen LogP contribution is -2.65. The summed E-state index contributed by atoms with van der Waals surface area (Å²) in [4.78, 5) is 11.9. The van der Waals surface area contributed by atoms with Gasteiger partial charge in [-0.05, 0) is 33.2 Å².